The highest BCUT2D eigenvalue weighted by Crippen LogP contribution is 2.44. The lowest BCUT2D eigenvalue weighted by molar-refractivity contribution is 0.100. The van der Waals surface area contributed by atoms with Gasteiger partial charge in [-0.3, -0.25) is 9.69 Å². The van der Waals surface area contributed by atoms with Gasteiger partial charge in [-0.1, -0.05) is 36.4 Å². The van der Waals surface area contributed by atoms with Gasteiger partial charge in [-0.2, -0.15) is 0 Å². The number of primary amides is 1. The first-order chi connectivity index (χ1) is 13.2. The van der Waals surface area contributed by atoms with Crippen LogP contribution in [-0.2, 0) is 6.54 Å². The minimum atomic E-state index is -0.415. The summed E-state index contributed by atoms with van der Waals surface area (Å²) in [7, 11) is 0. The van der Waals surface area contributed by atoms with Gasteiger partial charge in [0.1, 0.15) is 11.3 Å². The monoisotopic (exact) mass is 360 g/mol. The number of carbonyl (C=O) groups is 1. The van der Waals surface area contributed by atoms with E-state index in [2.05, 4.69) is 41.3 Å². The van der Waals surface area contributed by atoms with Crippen LogP contribution in [0.15, 0.2) is 59.0 Å². The first-order valence-corrected chi connectivity index (χ1v) is 9.80. The molecule has 2 aromatic carbocycles. The number of nitrogens with zero attached hydrogens (tertiary/aromatic N) is 1. The third-order valence-corrected chi connectivity index (χ3v) is 6.32. The fourth-order valence-corrected chi connectivity index (χ4v) is 4.97. The van der Waals surface area contributed by atoms with E-state index in [0.717, 1.165) is 36.1 Å². The Labute approximate surface area is 158 Å². The molecule has 2 N–H and O–H groups in total. The van der Waals surface area contributed by atoms with Crippen molar-refractivity contribution in [2.75, 3.05) is 0 Å². The molecule has 1 unspecified atom stereocenters. The van der Waals surface area contributed by atoms with Gasteiger partial charge in [0.25, 0.3) is 0 Å². The van der Waals surface area contributed by atoms with Crippen molar-refractivity contribution >= 4 is 16.9 Å². The zero-order valence-electron chi connectivity index (χ0n) is 15.3. The lowest BCUT2D eigenvalue weighted by Gasteiger charge is -2.38. The van der Waals surface area contributed by atoms with Gasteiger partial charge in [-0.15, -0.1) is 0 Å². The summed E-state index contributed by atoms with van der Waals surface area (Å²) in [6.07, 6.45) is 4.85. The first kappa shape index (κ1) is 16.6. The molecular weight excluding hydrogens is 336 g/mol. The molecule has 1 amide bonds. The molecule has 0 radical (unpaired) electrons. The molecule has 3 heterocycles. The van der Waals surface area contributed by atoms with Crippen LogP contribution in [-0.4, -0.2) is 22.9 Å². The Morgan fingerprint density at radius 2 is 1.78 bits per heavy atom. The van der Waals surface area contributed by atoms with E-state index in [1.54, 1.807) is 12.1 Å². The maximum Gasteiger partial charge on any atom is 0.248 e. The van der Waals surface area contributed by atoms with Crippen molar-refractivity contribution in [3.63, 3.8) is 0 Å². The summed E-state index contributed by atoms with van der Waals surface area (Å²) < 4.78 is 6.15. The SMILES string of the molecule is NC(=O)c1ccc2cc(C3C[C@H]4CC[C@@H](C3)N4Cc3ccccc3)oc2c1. The van der Waals surface area contributed by atoms with Crippen LogP contribution in [0, 0.1) is 0 Å². The number of piperidine rings is 1. The van der Waals surface area contributed by atoms with Crippen LogP contribution in [0.4, 0.5) is 0 Å². The second-order valence-electron chi connectivity index (χ2n) is 7.98. The van der Waals surface area contributed by atoms with Crippen molar-refractivity contribution in [2.45, 2.75) is 50.2 Å². The number of benzene rings is 2. The second-order valence-corrected chi connectivity index (χ2v) is 7.98. The highest BCUT2D eigenvalue weighted by atomic mass is 16.3. The zero-order valence-corrected chi connectivity index (χ0v) is 15.3. The smallest absolute Gasteiger partial charge is 0.248 e. The first-order valence-electron chi connectivity index (χ1n) is 9.80. The molecule has 3 aromatic rings. The fourth-order valence-electron chi connectivity index (χ4n) is 4.97. The summed E-state index contributed by atoms with van der Waals surface area (Å²) in [5, 5.41) is 1.05. The van der Waals surface area contributed by atoms with E-state index in [1.807, 2.05) is 6.07 Å². The predicted molar refractivity (Wildman–Crippen MR) is 106 cm³/mol. The molecule has 0 saturated carbocycles. The Morgan fingerprint density at radius 1 is 1.04 bits per heavy atom. The number of nitrogens with two attached hydrogens (primary N) is 1. The molecule has 2 aliphatic rings. The predicted octanol–water partition coefficient (Wildman–Crippen LogP) is 4.44. The van der Waals surface area contributed by atoms with E-state index in [0.29, 0.717) is 23.6 Å². The minimum Gasteiger partial charge on any atom is -0.461 e. The molecule has 2 fully saturated rings. The molecule has 0 aliphatic carbocycles. The number of amides is 1. The van der Waals surface area contributed by atoms with Crippen LogP contribution >= 0.6 is 0 Å². The third-order valence-electron chi connectivity index (χ3n) is 6.32. The van der Waals surface area contributed by atoms with Gasteiger partial charge in [0.05, 0.1) is 0 Å². The summed E-state index contributed by atoms with van der Waals surface area (Å²) >= 11 is 0. The molecule has 1 aromatic heterocycles. The Bertz CT molecular complexity index is 964. The molecule has 4 heteroatoms. The lowest BCUT2D eigenvalue weighted by atomic mass is 9.88. The zero-order chi connectivity index (χ0) is 18.4. The average Bonchev–Trinajstić information content (AvgIpc) is 3.19. The van der Waals surface area contributed by atoms with Gasteiger partial charge in [0.2, 0.25) is 5.91 Å². The van der Waals surface area contributed by atoms with Crippen molar-refractivity contribution < 1.29 is 9.21 Å². The summed E-state index contributed by atoms with van der Waals surface area (Å²) in [5.74, 6) is 1.10. The molecule has 27 heavy (non-hydrogen) atoms. The third kappa shape index (κ3) is 3.04. The maximum absolute atomic E-state index is 11.4. The molecule has 2 aliphatic heterocycles. The Morgan fingerprint density at radius 3 is 2.48 bits per heavy atom. The summed E-state index contributed by atoms with van der Waals surface area (Å²) in [6.45, 7) is 1.05. The van der Waals surface area contributed by atoms with E-state index in [1.165, 1.54) is 18.4 Å². The van der Waals surface area contributed by atoms with Crippen LogP contribution in [0.5, 0.6) is 0 Å². The van der Waals surface area contributed by atoms with Crippen LogP contribution in [0.25, 0.3) is 11.0 Å². The molecule has 2 saturated heterocycles. The van der Waals surface area contributed by atoms with Crippen molar-refractivity contribution in [3.05, 3.63) is 71.5 Å². The number of carbonyl (C=O) groups excluding carboxylic acids is 1. The minimum absolute atomic E-state index is 0.415. The Hall–Kier alpha value is -2.59. The van der Waals surface area contributed by atoms with Gasteiger partial charge < -0.3 is 10.2 Å². The molecule has 0 spiro atoms. The highest BCUT2D eigenvalue weighted by Gasteiger charge is 2.41. The van der Waals surface area contributed by atoms with Crippen molar-refractivity contribution in [1.29, 1.82) is 0 Å². The largest absolute Gasteiger partial charge is 0.461 e. The number of hydrogen-bond donors (Lipinski definition) is 1. The Kier molecular flexibility index (Phi) is 4.01. The van der Waals surface area contributed by atoms with Crippen molar-refractivity contribution in [3.8, 4) is 0 Å². The van der Waals surface area contributed by atoms with Gasteiger partial charge in [-0.25, -0.2) is 0 Å². The number of rotatable bonds is 4. The maximum atomic E-state index is 11.4. The van der Waals surface area contributed by atoms with Gasteiger partial charge in [0.15, 0.2) is 0 Å². The molecule has 5 rings (SSSR count). The number of hydrogen-bond acceptors (Lipinski definition) is 3. The van der Waals surface area contributed by atoms with E-state index >= 15 is 0 Å². The van der Waals surface area contributed by atoms with Gasteiger partial charge >= 0.3 is 0 Å². The summed E-state index contributed by atoms with van der Waals surface area (Å²) in [4.78, 5) is 14.1. The summed E-state index contributed by atoms with van der Waals surface area (Å²) in [6, 6.07) is 19.6. The molecule has 3 atom stereocenters. The topological polar surface area (TPSA) is 59.5 Å². The quantitative estimate of drug-likeness (QED) is 0.748. The van der Waals surface area contributed by atoms with Crippen molar-refractivity contribution in [2.24, 2.45) is 5.73 Å². The van der Waals surface area contributed by atoms with E-state index < -0.39 is 5.91 Å². The second kappa shape index (κ2) is 6.54. The standard InChI is InChI=1S/C23H24N2O2/c24-23(26)17-7-6-16-12-22(27-21(16)13-17)18-10-19-8-9-20(11-18)25(19)14-15-4-2-1-3-5-15/h1-7,12-13,18-20H,8-11,14H2,(H2,24,26)/t18?,19-,20+. The average molecular weight is 360 g/mol. The van der Waals surface area contributed by atoms with E-state index in [9.17, 15) is 4.79 Å². The molecule has 4 nitrogen and oxygen atoms in total. The van der Waals surface area contributed by atoms with Crippen LogP contribution in [0.3, 0.4) is 0 Å². The fraction of sp³-hybridized carbons (Fsp3) is 0.348. The number of fused-ring (bicyclic) bond motifs is 3. The molecule has 2 bridgehead atoms. The van der Waals surface area contributed by atoms with Crippen molar-refractivity contribution in [1.82, 2.24) is 4.90 Å². The highest BCUT2D eigenvalue weighted by molar-refractivity contribution is 5.96. The molecular formula is C23H24N2O2. The van der Waals surface area contributed by atoms with Gasteiger partial charge in [-0.05, 0) is 49.4 Å². The van der Waals surface area contributed by atoms with Crippen LogP contribution in [0.2, 0.25) is 0 Å². The Balaban J connectivity index is 1.36. The normalized spacial score (nSPS) is 25.1. The van der Waals surface area contributed by atoms with E-state index in [-0.39, 0.29) is 0 Å². The molecule has 138 valence electrons. The van der Waals surface area contributed by atoms with Gasteiger partial charge in [0, 0.05) is 35.5 Å². The summed E-state index contributed by atoms with van der Waals surface area (Å²) in [5.41, 5.74) is 8.06. The van der Waals surface area contributed by atoms with Crippen LogP contribution < -0.4 is 5.73 Å². The number of furan rings is 1. The lowest BCUT2D eigenvalue weighted by Crippen LogP contribution is -2.41. The van der Waals surface area contributed by atoms with E-state index in [4.69, 9.17) is 10.2 Å². The van der Waals surface area contributed by atoms with Crippen LogP contribution in [0.1, 0.15) is 53.3 Å².